The zero-order chi connectivity index (χ0) is 24.7. The Hall–Kier alpha value is -2.48. The first kappa shape index (κ1) is 24.6. The average molecular weight is 500 g/mol. The SMILES string of the molecule is CC(C)[C@@H](NC(=O)c1nc2ccccc2s1)C(=O)N1CC[C@](O)(c2ccc(Cl)cc2)C(C)(C)C1. The molecule has 34 heavy (non-hydrogen) atoms. The summed E-state index contributed by atoms with van der Waals surface area (Å²) in [5, 5.41) is 15.5. The summed E-state index contributed by atoms with van der Waals surface area (Å²) in [7, 11) is 0. The number of carbonyl (C=O) groups excluding carboxylic acids is 2. The third-order valence-electron chi connectivity index (χ3n) is 6.79. The number of halogens is 1. The summed E-state index contributed by atoms with van der Waals surface area (Å²) in [5.41, 5.74) is -0.137. The molecule has 180 valence electrons. The molecule has 6 nitrogen and oxygen atoms in total. The second kappa shape index (κ2) is 9.29. The Kier molecular flexibility index (Phi) is 6.73. The van der Waals surface area contributed by atoms with E-state index in [1.165, 1.54) is 11.3 Å². The van der Waals surface area contributed by atoms with E-state index >= 15 is 0 Å². The van der Waals surface area contributed by atoms with Crippen LogP contribution in [0.5, 0.6) is 0 Å². The number of likely N-dealkylation sites (tertiary alicyclic amines) is 1. The number of thiazole rings is 1. The number of benzene rings is 2. The summed E-state index contributed by atoms with van der Waals surface area (Å²) in [6.45, 7) is 8.52. The van der Waals surface area contributed by atoms with Gasteiger partial charge in [0.2, 0.25) is 5.91 Å². The Bertz CT molecular complexity index is 1170. The maximum atomic E-state index is 13.6. The van der Waals surface area contributed by atoms with Crippen molar-refractivity contribution in [3.05, 3.63) is 64.1 Å². The highest BCUT2D eigenvalue weighted by Crippen LogP contribution is 2.46. The summed E-state index contributed by atoms with van der Waals surface area (Å²) in [6.07, 6.45) is 0.393. The van der Waals surface area contributed by atoms with Crippen molar-refractivity contribution in [2.45, 2.75) is 45.8 Å². The second-order valence-electron chi connectivity index (χ2n) is 9.94. The molecule has 3 aromatic rings. The number of para-hydroxylation sites is 1. The van der Waals surface area contributed by atoms with Crippen LogP contribution >= 0.6 is 22.9 Å². The van der Waals surface area contributed by atoms with E-state index in [0.29, 0.717) is 29.5 Å². The van der Waals surface area contributed by atoms with Crippen LogP contribution in [-0.4, -0.2) is 45.9 Å². The molecule has 2 heterocycles. The van der Waals surface area contributed by atoms with Crippen molar-refractivity contribution in [3.8, 4) is 0 Å². The number of rotatable bonds is 5. The predicted octanol–water partition coefficient (Wildman–Crippen LogP) is 4.85. The van der Waals surface area contributed by atoms with Crippen molar-refractivity contribution < 1.29 is 14.7 Å². The number of fused-ring (bicyclic) bond motifs is 1. The maximum Gasteiger partial charge on any atom is 0.280 e. The first-order valence-corrected chi connectivity index (χ1v) is 12.6. The molecule has 1 aromatic heterocycles. The fraction of sp³-hybridized carbons (Fsp3) is 0.423. The molecule has 0 aliphatic carbocycles. The fourth-order valence-electron chi connectivity index (χ4n) is 4.65. The summed E-state index contributed by atoms with van der Waals surface area (Å²) < 4.78 is 0.930. The van der Waals surface area contributed by atoms with Crippen LogP contribution in [0.25, 0.3) is 10.2 Å². The van der Waals surface area contributed by atoms with Gasteiger partial charge in [-0.15, -0.1) is 11.3 Å². The molecule has 1 fully saturated rings. The van der Waals surface area contributed by atoms with Crippen molar-refractivity contribution in [3.63, 3.8) is 0 Å². The van der Waals surface area contributed by atoms with Crippen LogP contribution in [0, 0.1) is 11.3 Å². The lowest BCUT2D eigenvalue weighted by atomic mass is 9.66. The van der Waals surface area contributed by atoms with Gasteiger partial charge < -0.3 is 15.3 Å². The molecule has 2 N–H and O–H groups in total. The van der Waals surface area contributed by atoms with Gasteiger partial charge >= 0.3 is 0 Å². The Balaban J connectivity index is 1.51. The number of nitrogens with zero attached hydrogens (tertiary/aromatic N) is 2. The van der Waals surface area contributed by atoms with Gasteiger partial charge in [0, 0.05) is 23.5 Å². The topological polar surface area (TPSA) is 82.5 Å². The van der Waals surface area contributed by atoms with Gasteiger partial charge in [-0.25, -0.2) is 4.98 Å². The molecule has 4 rings (SSSR count). The number of carbonyl (C=O) groups is 2. The van der Waals surface area contributed by atoms with Crippen LogP contribution in [0.3, 0.4) is 0 Å². The van der Waals surface area contributed by atoms with E-state index in [0.717, 1.165) is 15.8 Å². The number of aliphatic hydroxyl groups is 1. The molecule has 0 radical (unpaired) electrons. The highest BCUT2D eigenvalue weighted by molar-refractivity contribution is 7.20. The molecule has 0 unspecified atom stereocenters. The number of amides is 2. The molecular formula is C26H30ClN3O3S. The Labute approximate surface area is 208 Å². The van der Waals surface area contributed by atoms with E-state index in [9.17, 15) is 14.7 Å². The highest BCUT2D eigenvalue weighted by Gasteiger charge is 2.50. The normalized spacial score (nSPS) is 21.0. The van der Waals surface area contributed by atoms with E-state index in [1.54, 1.807) is 17.0 Å². The largest absolute Gasteiger partial charge is 0.384 e. The van der Waals surface area contributed by atoms with E-state index in [1.807, 2.05) is 64.1 Å². The van der Waals surface area contributed by atoms with Crippen molar-refractivity contribution in [2.75, 3.05) is 13.1 Å². The standard InChI is InChI=1S/C26H30ClN3O3S/c1-16(2)21(29-22(31)23-28-19-7-5-6-8-20(19)34-23)24(32)30-14-13-26(33,25(3,4)15-30)17-9-11-18(27)12-10-17/h5-12,16,21,33H,13-15H2,1-4H3,(H,29,31)/t21-,26+/m1/s1. The number of aromatic nitrogens is 1. The lowest BCUT2D eigenvalue weighted by molar-refractivity contribution is -0.155. The minimum Gasteiger partial charge on any atom is -0.384 e. The molecule has 2 amide bonds. The molecule has 1 saturated heterocycles. The molecule has 2 atom stereocenters. The number of nitrogens with one attached hydrogen (secondary N) is 1. The first-order valence-electron chi connectivity index (χ1n) is 11.5. The van der Waals surface area contributed by atoms with Crippen molar-refractivity contribution in [1.29, 1.82) is 0 Å². The van der Waals surface area contributed by atoms with Crippen molar-refractivity contribution in [1.82, 2.24) is 15.2 Å². The van der Waals surface area contributed by atoms with Crippen LogP contribution in [-0.2, 0) is 10.4 Å². The molecule has 1 aliphatic rings. The first-order chi connectivity index (χ1) is 16.0. The Morgan fingerprint density at radius 3 is 2.44 bits per heavy atom. The smallest absolute Gasteiger partial charge is 0.280 e. The number of piperidine rings is 1. The van der Waals surface area contributed by atoms with Gasteiger partial charge in [0.05, 0.1) is 15.8 Å². The van der Waals surface area contributed by atoms with Gasteiger partial charge in [-0.2, -0.15) is 0 Å². The van der Waals surface area contributed by atoms with Crippen LogP contribution in [0.15, 0.2) is 48.5 Å². The summed E-state index contributed by atoms with van der Waals surface area (Å²) in [6, 6.07) is 14.1. The van der Waals surface area contributed by atoms with Gasteiger partial charge in [0.1, 0.15) is 6.04 Å². The maximum absolute atomic E-state index is 13.6. The highest BCUT2D eigenvalue weighted by atomic mass is 35.5. The molecule has 2 aromatic carbocycles. The van der Waals surface area contributed by atoms with Crippen LogP contribution in [0.2, 0.25) is 5.02 Å². The van der Waals surface area contributed by atoms with Crippen molar-refractivity contribution >= 4 is 45.0 Å². The monoisotopic (exact) mass is 499 g/mol. The lowest BCUT2D eigenvalue weighted by Gasteiger charge is -2.51. The summed E-state index contributed by atoms with van der Waals surface area (Å²) in [5.74, 6) is -0.594. The van der Waals surface area contributed by atoms with E-state index in [2.05, 4.69) is 10.3 Å². The predicted molar refractivity (Wildman–Crippen MR) is 136 cm³/mol. The second-order valence-corrected chi connectivity index (χ2v) is 11.4. The average Bonchev–Trinajstić information content (AvgIpc) is 3.23. The van der Waals surface area contributed by atoms with Gasteiger partial charge in [-0.3, -0.25) is 9.59 Å². The molecule has 0 bridgehead atoms. The minimum absolute atomic E-state index is 0.106. The third-order valence-corrected chi connectivity index (χ3v) is 8.08. The molecule has 0 spiro atoms. The zero-order valence-electron chi connectivity index (χ0n) is 19.8. The van der Waals surface area contributed by atoms with Crippen LogP contribution in [0.1, 0.15) is 49.5 Å². The Morgan fingerprint density at radius 1 is 1.15 bits per heavy atom. The van der Waals surface area contributed by atoms with E-state index < -0.39 is 17.1 Å². The lowest BCUT2D eigenvalue weighted by Crippen LogP contribution is -2.60. The van der Waals surface area contributed by atoms with E-state index in [-0.39, 0.29) is 17.7 Å². The van der Waals surface area contributed by atoms with Crippen molar-refractivity contribution in [2.24, 2.45) is 11.3 Å². The van der Waals surface area contributed by atoms with Gasteiger partial charge in [-0.05, 0) is 42.2 Å². The molecule has 1 aliphatic heterocycles. The third kappa shape index (κ3) is 4.57. The minimum atomic E-state index is -1.09. The van der Waals surface area contributed by atoms with Gasteiger partial charge in [-0.1, -0.05) is 63.6 Å². The Morgan fingerprint density at radius 2 is 1.82 bits per heavy atom. The molecule has 0 saturated carbocycles. The number of hydrogen-bond donors (Lipinski definition) is 2. The zero-order valence-corrected chi connectivity index (χ0v) is 21.4. The summed E-state index contributed by atoms with van der Waals surface area (Å²) >= 11 is 7.35. The quantitative estimate of drug-likeness (QED) is 0.525. The van der Waals surface area contributed by atoms with Crippen LogP contribution in [0.4, 0.5) is 0 Å². The molecule has 8 heteroatoms. The number of hydrogen-bond acceptors (Lipinski definition) is 5. The fourth-order valence-corrected chi connectivity index (χ4v) is 5.65. The van der Waals surface area contributed by atoms with Gasteiger partial charge in [0.15, 0.2) is 5.01 Å². The molecular weight excluding hydrogens is 470 g/mol. The van der Waals surface area contributed by atoms with Crippen LogP contribution < -0.4 is 5.32 Å². The van der Waals surface area contributed by atoms with E-state index in [4.69, 9.17) is 11.6 Å². The summed E-state index contributed by atoms with van der Waals surface area (Å²) in [4.78, 5) is 32.7. The van der Waals surface area contributed by atoms with Gasteiger partial charge in [0.25, 0.3) is 5.91 Å².